The molecule has 2 rings (SSSR count). The maximum Gasteiger partial charge on any atom is 0.492 e. The lowest BCUT2D eigenvalue weighted by molar-refractivity contribution is -0.118. The van der Waals surface area contributed by atoms with E-state index in [4.69, 9.17) is 14.0 Å². The molecule has 0 unspecified atom stereocenters. The van der Waals surface area contributed by atoms with E-state index in [1.807, 2.05) is 27.7 Å². The maximum absolute atomic E-state index is 11.8. The highest BCUT2D eigenvalue weighted by Gasteiger charge is 2.52. The predicted molar refractivity (Wildman–Crippen MR) is 102 cm³/mol. The lowest BCUT2D eigenvalue weighted by Crippen LogP contribution is -2.41. The van der Waals surface area contributed by atoms with Crippen molar-refractivity contribution in [2.45, 2.75) is 45.8 Å². The minimum absolute atomic E-state index is 0.0144. The quantitative estimate of drug-likeness (QED) is 0.606. The van der Waals surface area contributed by atoms with Gasteiger partial charge in [-0.2, -0.15) is 0 Å². The molecule has 1 amide bonds. The summed E-state index contributed by atoms with van der Waals surface area (Å²) < 4.78 is 16.8. The molecule has 8 heteroatoms. The van der Waals surface area contributed by atoms with E-state index >= 15 is 0 Å². The Labute approximate surface area is 159 Å². The lowest BCUT2D eigenvalue weighted by atomic mass is 9.76. The van der Waals surface area contributed by atoms with Gasteiger partial charge in [-0.3, -0.25) is 4.79 Å². The molecule has 0 spiro atoms. The number of nitrogens with one attached hydrogen (secondary N) is 1. The first-order valence-electron chi connectivity index (χ1n) is 8.69. The lowest BCUT2D eigenvalue weighted by Gasteiger charge is -2.32. The van der Waals surface area contributed by atoms with Gasteiger partial charge in [0.1, 0.15) is 5.75 Å². The van der Waals surface area contributed by atoms with Gasteiger partial charge in [0.25, 0.3) is 0 Å². The number of phenols is 1. The Hall–Kier alpha value is -2.32. The van der Waals surface area contributed by atoms with Crippen LogP contribution in [0.3, 0.4) is 0 Å². The van der Waals surface area contributed by atoms with Crippen LogP contribution < -0.4 is 5.32 Å². The fraction of sp³-hybridized carbons (Fsp3) is 0.474. The molecule has 7 nitrogen and oxygen atoms in total. The van der Waals surface area contributed by atoms with Crippen molar-refractivity contribution in [3.05, 3.63) is 34.8 Å². The van der Waals surface area contributed by atoms with E-state index in [1.54, 1.807) is 6.08 Å². The molecule has 0 radical (unpaired) electrons. The molecule has 1 aliphatic rings. The minimum Gasteiger partial charge on any atom is -0.507 e. The first-order valence-corrected chi connectivity index (χ1v) is 8.69. The smallest absolute Gasteiger partial charge is 0.492 e. The van der Waals surface area contributed by atoms with E-state index in [-0.39, 0.29) is 18.2 Å². The Bertz CT molecular complexity index is 755. The van der Waals surface area contributed by atoms with Crippen molar-refractivity contribution in [3.63, 3.8) is 0 Å². The van der Waals surface area contributed by atoms with E-state index in [0.29, 0.717) is 16.6 Å². The summed E-state index contributed by atoms with van der Waals surface area (Å²) in [6, 6.07) is 4.40. The molecule has 0 aromatic heterocycles. The Kier molecular flexibility index (Phi) is 6.02. The number of methoxy groups -OCH3 is 1. The second-order valence-electron chi connectivity index (χ2n) is 7.48. The van der Waals surface area contributed by atoms with E-state index in [2.05, 4.69) is 5.32 Å². The second kappa shape index (κ2) is 7.74. The summed E-state index contributed by atoms with van der Waals surface area (Å²) in [5.74, 6) is -0.729. The summed E-state index contributed by atoms with van der Waals surface area (Å²) >= 11 is 0. The first-order chi connectivity index (χ1) is 12.5. The van der Waals surface area contributed by atoms with Crippen molar-refractivity contribution >= 4 is 25.1 Å². The zero-order valence-corrected chi connectivity index (χ0v) is 16.6. The van der Waals surface area contributed by atoms with Crippen LogP contribution in [-0.4, -0.2) is 49.0 Å². The van der Waals surface area contributed by atoms with Gasteiger partial charge < -0.3 is 24.5 Å². The molecule has 0 saturated carbocycles. The number of esters is 1. The number of amides is 1. The Morgan fingerprint density at radius 1 is 1.22 bits per heavy atom. The van der Waals surface area contributed by atoms with Gasteiger partial charge in [-0.05, 0) is 51.4 Å². The fourth-order valence-corrected chi connectivity index (χ4v) is 2.54. The van der Waals surface area contributed by atoms with Crippen molar-refractivity contribution in [1.29, 1.82) is 0 Å². The molecule has 1 saturated heterocycles. The summed E-state index contributed by atoms with van der Waals surface area (Å²) in [4.78, 5) is 23.2. The molecule has 146 valence electrons. The molecular formula is C19H26BNO6. The van der Waals surface area contributed by atoms with Gasteiger partial charge in [0, 0.05) is 19.0 Å². The van der Waals surface area contributed by atoms with Crippen LogP contribution in [-0.2, 0) is 18.8 Å². The highest BCUT2D eigenvalue weighted by atomic mass is 16.7. The monoisotopic (exact) mass is 375 g/mol. The van der Waals surface area contributed by atoms with Gasteiger partial charge in [-0.25, -0.2) is 4.79 Å². The summed E-state index contributed by atoms with van der Waals surface area (Å²) in [6.45, 7) is 9.30. The average molecular weight is 375 g/mol. The van der Waals surface area contributed by atoms with Crippen molar-refractivity contribution in [3.8, 4) is 5.75 Å². The van der Waals surface area contributed by atoms with Crippen LogP contribution in [0.25, 0.3) is 6.08 Å². The first kappa shape index (κ1) is 21.0. The Balaban J connectivity index is 2.43. The topological polar surface area (TPSA) is 94.1 Å². The van der Waals surface area contributed by atoms with Gasteiger partial charge in [0.2, 0.25) is 5.91 Å². The highest BCUT2D eigenvalue weighted by Crippen LogP contribution is 2.39. The molecule has 2 N–H and O–H groups in total. The molecule has 0 bridgehead atoms. The zero-order chi connectivity index (χ0) is 20.4. The summed E-state index contributed by atoms with van der Waals surface area (Å²) in [5.41, 5.74) is 0.203. The molecule has 1 heterocycles. The number of hydrogen-bond donors (Lipinski definition) is 2. The van der Waals surface area contributed by atoms with Gasteiger partial charge in [0.15, 0.2) is 0 Å². The third-order valence-electron chi connectivity index (χ3n) is 4.89. The van der Waals surface area contributed by atoms with Gasteiger partial charge >= 0.3 is 13.1 Å². The van der Waals surface area contributed by atoms with Crippen LogP contribution in [0.5, 0.6) is 5.75 Å². The average Bonchev–Trinajstić information content (AvgIpc) is 2.79. The van der Waals surface area contributed by atoms with Crippen molar-refractivity contribution in [2.75, 3.05) is 13.7 Å². The summed E-state index contributed by atoms with van der Waals surface area (Å²) in [7, 11) is 0.583. The summed E-state index contributed by atoms with van der Waals surface area (Å²) in [5, 5.41) is 12.9. The third kappa shape index (κ3) is 4.70. The van der Waals surface area contributed by atoms with E-state index in [1.165, 1.54) is 32.2 Å². The predicted octanol–water partition coefficient (Wildman–Crippen LogP) is 2.33. The van der Waals surface area contributed by atoms with Crippen LogP contribution >= 0.6 is 0 Å². The van der Waals surface area contributed by atoms with Crippen molar-refractivity contribution < 1.29 is 28.7 Å². The van der Waals surface area contributed by atoms with Crippen LogP contribution in [0.1, 0.15) is 50.5 Å². The SMILES string of the molecule is COC(=O)c1ccc(O)c(C=C(CNC(C)=O)B2OC(C)(C)C(C)(C)O2)c1. The number of benzene rings is 1. The number of carbonyl (C=O) groups is 2. The number of rotatable bonds is 5. The molecule has 27 heavy (non-hydrogen) atoms. The molecule has 0 aliphatic carbocycles. The Morgan fingerprint density at radius 3 is 2.33 bits per heavy atom. The van der Waals surface area contributed by atoms with E-state index < -0.39 is 24.3 Å². The number of carbonyl (C=O) groups excluding carboxylic acids is 2. The number of ether oxygens (including phenoxy) is 1. The van der Waals surface area contributed by atoms with Crippen LogP contribution in [0.4, 0.5) is 0 Å². The van der Waals surface area contributed by atoms with Crippen LogP contribution in [0.2, 0.25) is 0 Å². The van der Waals surface area contributed by atoms with Crippen molar-refractivity contribution in [2.24, 2.45) is 0 Å². The number of phenolic OH excluding ortho intramolecular Hbond substituents is 1. The minimum atomic E-state index is -0.706. The van der Waals surface area contributed by atoms with Crippen LogP contribution in [0.15, 0.2) is 23.7 Å². The molecule has 1 fully saturated rings. The van der Waals surface area contributed by atoms with Crippen LogP contribution in [0, 0.1) is 0 Å². The van der Waals surface area contributed by atoms with Gasteiger partial charge in [-0.1, -0.05) is 6.08 Å². The molecule has 1 aromatic carbocycles. The highest BCUT2D eigenvalue weighted by molar-refractivity contribution is 6.56. The molecular weight excluding hydrogens is 349 g/mol. The summed E-state index contributed by atoms with van der Waals surface area (Å²) in [6.07, 6.45) is 1.65. The fourth-order valence-electron chi connectivity index (χ4n) is 2.54. The normalized spacial score (nSPS) is 18.3. The molecule has 1 aliphatic heterocycles. The number of hydrogen-bond acceptors (Lipinski definition) is 6. The number of aromatic hydroxyl groups is 1. The maximum atomic E-state index is 11.8. The van der Waals surface area contributed by atoms with E-state index in [0.717, 1.165) is 0 Å². The second-order valence-corrected chi connectivity index (χ2v) is 7.48. The zero-order valence-electron chi connectivity index (χ0n) is 16.6. The van der Waals surface area contributed by atoms with Gasteiger partial charge in [-0.15, -0.1) is 0 Å². The third-order valence-corrected chi connectivity index (χ3v) is 4.89. The van der Waals surface area contributed by atoms with Gasteiger partial charge in [0.05, 0.1) is 23.9 Å². The largest absolute Gasteiger partial charge is 0.507 e. The standard InChI is InChI=1S/C19H26BNO6/c1-12(22)21-11-15(20-26-18(2,3)19(4,5)27-20)10-14-9-13(17(24)25-6)7-8-16(14)23/h7-10,23H,11H2,1-6H3,(H,21,22). The Morgan fingerprint density at radius 2 is 1.81 bits per heavy atom. The van der Waals surface area contributed by atoms with Crippen molar-refractivity contribution in [1.82, 2.24) is 5.32 Å². The molecule has 0 atom stereocenters. The van der Waals surface area contributed by atoms with E-state index in [9.17, 15) is 14.7 Å². The molecule has 1 aromatic rings.